The van der Waals surface area contributed by atoms with Crippen LogP contribution in [-0.4, -0.2) is 9.97 Å². The first-order valence-corrected chi connectivity index (χ1v) is 19.0. The number of anilines is 4. The number of aryl methyl sites for hydroxylation is 4. The Hall–Kier alpha value is -7.06. The minimum absolute atomic E-state index is 0.657. The van der Waals surface area contributed by atoms with Gasteiger partial charge in [-0.2, -0.15) is 0 Å². The van der Waals surface area contributed by atoms with Crippen molar-refractivity contribution in [2.24, 2.45) is 0 Å². The zero-order valence-electron chi connectivity index (χ0n) is 32.1. The molecule has 0 aliphatic carbocycles. The molecule has 9 rings (SSSR count). The van der Waals surface area contributed by atoms with E-state index < -0.39 is 0 Å². The van der Waals surface area contributed by atoms with E-state index in [9.17, 15) is 0 Å². The summed E-state index contributed by atoms with van der Waals surface area (Å²) in [4.78, 5) is 10.2. The number of rotatable bonds is 8. The van der Waals surface area contributed by atoms with Crippen molar-refractivity contribution in [1.29, 1.82) is 0 Å². The van der Waals surface area contributed by atoms with Gasteiger partial charge in [-0.3, -0.25) is 0 Å². The van der Waals surface area contributed by atoms with Crippen LogP contribution in [-0.2, 0) is 13.1 Å². The first-order valence-electron chi connectivity index (χ1n) is 19.0. The fourth-order valence-corrected chi connectivity index (χ4v) is 7.73. The maximum absolute atomic E-state index is 6.45. The van der Waals surface area contributed by atoms with E-state index in [-0.39, 0.29) is 0 Å². The molecule has 2 heterocycles. The summed E-state index contributed by atoms with van der Waals surface area (Å²) in [5.41, 5.74) is 33.0. The average Bonchev–Trinajstić information content (AvgIpc) is 3.20. The number of nitrogens with zero attached hydrogens (tertiary/aromatic N) is 4. The summed E-state index contributed by atoms with van der Waals surface area (Å²) in [5.74, 6) is 0. The van der Waals surface area contributed by atoms with Crippen LogP contribution >= 0.6 is 0 Å². The van der Waals surface area contributed by atoms with Crippen LogP contribution in [0.4, 0.5) is 22.7 Å². The van der Waals surface area contributed by atoms with Gasteiger partial charge >= 0.3 is 0 Å². The monoisotopic (exact) mass is 732 g/mol. The van der Waals surface area contributed by atoms with Crippen LogP contribution in [0.3, 0.4) is 0 Å². The lowest BCUT2D eigenvalue weighted by Gasteiger charge is -2.16. The van der Waals surface area contributed by atoms with E-state index in [2.05, 4.69) is 143 Å². The average molecular weight is 733 g/mol. The van der Waals surface area contributed by atoms with Gasteiger partial charge in [0.1, 0.15) is 22.1 Å². The fraction of sp³-hybridized carbons (Fsp3) is 0.125. The predicted molar refractivity (Wildman–Crippen MR) is 230 cm³/mol. The van der Waals surface area contributed by atoms with Crippen LogP contribution in [0, 0.1) is 27.7 Å². The Balaban J connectivity index is 1.05. The Labute approximate surface area is 326 Å². The van der Waals surface area contributed by atoms with Crippen molar-refractivity contribution in [1.82, 2.24) is 9.97 Å². The molecule has 0 unspecified atom stereocenters. The van der Waals surface area contributed by atoms with Crippen molar-refractivity contribution in [2.75, 3.05) is 22.1 Å². The molecule has 6 N–H and O–H groups in total. The van der Waals surface area contributed by atoms with Crippen molar-refractivity contribution in [2.45, 2.75) is 40.8 Å². The van der Waals surface area contributed by atoms with E-state index >= 15 is 0 Å². The molecule has 274 valence electrons. The molecule has 7 aromatic carbocycles. The number of nitrogen functional groups attached to an aromatic ring is 2. The normalized spacial score (nSPS) is 11.5. The molecular formula is C48H44N8+2. The summed E-state index contributed by atoms with van der Waals surface area (Å²) in [6, 6.07) is 46.4. The SMILES string of the molecule is Cc1cc2nc3cc(C)c(NCc4ccccc4CNc4cc5c(cc4C)nc4cc(C)c(N)cc4[n+]5-c4ccccc4)cc3[n+](-c3ccccc3)c2cc1N. The number of para-hydroxylation sites is 2. The molecule has 9 aromatic rings. The highest BCUT2D eigenvalue weighted by Crippen LogP contribution is 2.29. The highest BCUT2D eigenvalue weighted by atomic mass is 15.0. The summed E-state index contributed by atoms with van der Waals surface area (Å²) in [6.07, 6.45) is 0. The highest BCUT2D eigenvalue weighted by Gasteiger charge is 2.24. The number of aromatic nitrogens is 4. The molecule has 0 aliphatic rings. The van der Waals surface area contributed by atoms with Gasteiger partial charge in [0, 0.05) is 84.4 Å². The second kappa shape index (κ2) is 14.0. The lowest BCUT2D eigenvalue weighted by atomic mass is 10.1. The lowest BCUT2D eigenvalue weighted by molar-refractivity contribution is -0.538. The fourth-order valence-electron chi connectivity index (χ4n) is 7.73. The lowest BCUT2D eigenvalue weighted by Crippen LogP contribution is -2.33. The summed E-state index contributed by atoms with van der Waals surface area (Å²) in [6.45, 7) is 9.65. The molecule has 8 heteroatoms. The van der Waals surface area contributed by atoms with Gasteiger partial charge in [0.25, 0.3) is 0 Å². The van der Waals surface area contributed by atoms with E-state index in [1.807, 2.05) is 38.1 Å². The third kappa shape index (κ3) is 6.25. The van der Waals surface area contributed by atoms with Gasteiger partial charge in [-0.1, -0.05) is 60.7 Å². The second-order valence-electron chi connectivity index (χ2n) is 14.7. The van der Waals surface area contributed by atoms with Crippen LogP contribution in [0.5, 0.6) is 0 Å². The van der Waals surface area contributed by atoms with Gasteiger partial charge in [0.05, 0.1) is 0 Å². The zero-order chi connectivity index (χ0) is 38.5. The van der Waals surface area contributed by atoms with Gasteiger partial charge in [0.2, 0.25) is 33.4 Å². The predicted octanol–water partition coefficient (Wildman–Crippen LogP) is 9.27. The minimum atomic E-state index is 0.657. The van der Waals surface area contributed by atoms with Crippen LogP contribution < -0.4 is 31.2 Å². The number of hydrogen-bond donors (Lipinski definition) is 4. The molecule has 0 saturated carbocycles. The first kappa shape index (κ1) is 34.7. The molecular weight excluding hydrogens is 689 g/mol. The topological polar surface area (TPSA) is 110 Å². The summed E-state index contributed by atoms with van der Waals surface area (Å²) < 4.78 is 4.52. The van der Waals surface area contributed by atoms with Crippen LogP contribution in [0.15, 0.2) is 133 Å². The van der Waals surface area contributed by atoms with Gasteiger partial charge < -0.3 is 22.1 Å². The van der Waals surface area contributed by atoms with E-state index in [1.54, 1.807) is 0 Å². The Morgan fingerprint density at radius 1 is 0.429 bits per heavy atom. The van der Waals surface area contributed by atoms with E-state index in [0.29, 0.717) is 13.1 Å². The summed E-state index contributed by atoms with van der Waals surface area (Å²) >= 11 is 0. The molecule has 0 spiro atoms. The molecule has 0 atom stereocenters. The van der Waals surface area contributed by atoms with Gasteiger partial charge in [-0.05, 0) is 85.3 Å². The van der Waals surface area contributed by atoms with E-state index in [0.717, 1.165) is 101 Å². The number of hydrogen-bond acceptors (Lipinski definition) is 6. The van der Waals surface area contributed by atoms with Crippen molar-refractivity contribution < 1.29 is 9.13 Å². The smallest absolute Gasteiger partial charge is 0.239 e. The van der Waals surface area contributed by atoms with Gasteiger partial charge in [0.15, 0.2) is 0 Å². The minimum Gasteiger partial charge on any atom is -0.398 e. The molecule has 0 amide bonds. The molecule has 56 heavy (non-hydrogen) atoms. The summed E-state index contributed by atoms with van der Waals surface area (Å²) in [5, 5.41) is 7.56. The van der Waals surface area contributed by atoms with Crippen LogP contribution in [0.2, 0.25) is 0 Å². The Kier molecular flexibility index (Phi) is 8.66. The zero-order valence-corrected chi connectivity index (χ0v) is 32.1. The Bertz CT molecular complexity index is 2770. The number of benzene rings is 7. The summed E-state index contributed by atoms with van der Waals surface area (Å²) in [7, 11) is 0. The molecule has 0 fully saturated rings. The number of nitrogens with two attached hydrogens (primary N) is 2. The second-order valence-corrected chi connectivity index (χ2v) is 14.7. The van der Waals surface area contributed by atoms with Crippen molar-refractivity contribution in [3.63, 3.8) is 0 Å². The Morgan fingerprint density at radius 2 is 0.768 bits per heavy atom. The quantitative estimate of drug-likeness (QED) is 0.0705. The first-order chi connectivity index (χ1) is 27.2. The molecule has 8 nitrogen and oxygen atoms in total. The van der Waals surface area contributed by atoms with Gasteiger partial charge in [-0.25, -0.2) is 9.97 Å². The standard InChI is InChI=1S/C48H42N8/c1-29-19-41-45(23-37(29)49)55(35-15-7-5-8-16-35)47-25-39(31(3)21-43(47)53-41)51-27-33-13-11-12-14-34(33)28-52-40-26-48-44(22-32(40)4)54-42-20-30(2)38(50)24-46(42)56(48)36-17-9-6-10-18-36/h5-26H,27-28H2,1-4H3,(H4,49,50,51,52)/p+2. The van der Waals surface area contributed by atoms with Crippen molar-refractivity contribution in [3.05, 3.63) is 167 Å². The van der Waals surface area contributed by atoms with Gasteiger partial charge in [-0.15, -0.1) is 9.13 Å². The maximum Gasteiger partial charge on any atom is 0.239 e. The van der Waals surface area contributed by atoms with Crippen LogP contribution in [0.1, 0.15) is 33.4 Å². The molecule has 0 bridgehead atoms. The molecule has 0 aliphatic heterocycles. The number of nitrogens with one attached hydrogen (secondary N) is 2. The van der Waals surface area contributed by atoms with E-state index in [1.165, 1.54) is 11.1 Å². The van der Waals surface area contributed by atoms with E-state index in [4.69, 9.17) is 21.4 Å². The van der Waals surface area contributed by atoms with Crippen molar-refractivity contribution >= 4 is 66.9 Å². The molecule has 2 aromatic heterocycles. The highest BCUT2D eigenvalue weighted by molar-refractivity contribution is 5.89. The third-order valence-corrected chi connectivity index (χ3v) is 10.9. The Morgan fingerprint density at radius 3 is 1.16 bits per heavy atom. The van der Waals surface area contributed by atoms with Crippen LogP contribution in [0.25, 0.3) is 55.5 Å². The maximum atomic E-state index is 6.45. The molecule has 0 radical (unpaired) electrons. The van der Waals surface area contributed by atoms with Crippen molar-refractivity contribution in [3.8, 4) is 11.4 Å². The third-order valence-electron chi connectivity index (χ3n) is 10.9. The number of fused-ring (bicyclic) bond motifs is 4. The largest absolute Gasteiger partial charge is 0.398 e. The molecule has 0 saturated heterocycles.